The number of unbranched alkanes of at least 4 members (excludes halogenated alkanes) is 3. The summed E-state index contributed by atoms with van der Waals surface area (Å²) in [5, 5.41) is 17.0. The van der Waals surface area contributed by atoms with Gasteiger partial charge in [0, 0.05) is 6.42 Å². The van der Waals surface area contributed by atoms with Crippen LogP contribution in [0.3, 0.4) is 0 Å². The second-order valence-electron chi connectivity index (χ2n) is 3.70. The molecule has 90 valence electrons. The van der Waals surface area contributed by atoms with Gasteiger partial charge in [0.25, 0.3) is 0 Å². The van der Waals surface area contributed by atoms with Crippen molar-refractivity contribution >= 4 is 11.9 Å². The van der Waals surface area contributed by atoms with Gasteiger partial charge in [-0.05, 0) is 24.8 Å². The molecule has 0 amide bonds. The van der Waals surface area contributed by atoms with Crippen LogP contribution in [0.2, 0.25) is 0 Å². The number of rotatable bonds is 9. The number of carbonyl (C=O) groups is 2. The molecule has 0 aliphatic rings. The van der Waals surface area contributed by atoms with Gasteiger partial charge in [-0.15, -0.1) is 0 Å². The molecule has 0 bridgehead atoms. The first-order chi connectivity index (χ1) is 7.45. The van der Waals surface area contributed by atoms with Gasteiger partial charge in [0.05, 0.1) is 5.57 Å². The lowest BCUT2D eigenvalue weighted by Gasteiger charge is -2.04. The van der Waals surface area contributed by atoms with E-state index in [1.54, 1.807) is 0 Å². The topological polar surface area (TPSA) is 74.6 Å². The summed E-state index contributed by atoms with van der Waals surface area (Å²) in [5.74, 6) is -1.81. The standard InChI is InChI=1S/C12H18O4/c1-9(10(2)12(15)16)7-5-3-4-6-8-11(13)14/h1-8H2,(H,13,14)(H,15,16). The Balaban J connectivity index is 3.52. The number of hydrogen-bond donors (Lipinski definition) is 2. The average molecular weight is 226 g/mol. The lowest BCUT2D eigenvalue weighted by atomic mass is 10.0. The molecule has 0 aromatic carbocycles. The maximum absolute atomic E-state index is 10.5. The normalized spacial score (nSPS) is 9.75. The molecule has 0 rings (SSSR count). The molecule has 0 radical (unpaired) electrons. The lowest BCUT2D eigenvalue weighted by molar-refractivity contribution is -0.137. The van der Waals surface area contributed by atoms with E-state index >= 15 is 0 Å². The second-order valence-corrected chi connectivity index (χ2v) is 3.70. The van der Waals surface area contributed by atoms with Crippen molar-refractivity contribution in [3.05, 3.63) is 24.3 Å². The highest BCUT2D eigenvalue weighted by Crippen LogP contribution is 2.15. The number of hydrogen-bond acceptors (Lipinski definition) is 2. The first kappa shape index (κ1) is 14.4. The van der Waals surface area contributed by atoms with Crippen LogP contribution >= 0.6 is 0 Å². The summed E-state index contributed by atoms with van der Waals surface area (Å²) < 4.78 is 0. The van der Waals surface area contributed by atoms with Crippen LogP contribution in [0.5, 0.6) is 0 Å². The molecule has 4 nitrogen and oxygen atoms in total. The van der Waals surface area contributed by atoms with Crippen molar-refractivity contribution in [3.63, 3.8) is 0 Å². The van der Waals surface area contributed by atoms with E-state index in [2.05, 4.69) is 13.2 Å². The summed E-state index contributed by atoms with van der Waals surface area (Å²) in [6.07, 6.45) is 4.03. The summed E-state index contributed by atoms with van der Waals surface area (Å²) in [6.45, 7) is 7.06. The smallest absolute Gasteiger partial charge is 0.335 e. The Labute approximate surface area is 95.3 Å². The van der Waals surface area contributed by atoms with Gasteiger partial charge in [-0.2, -0.15) is 0 Å². The lowest BCUT2D eigenvalue weighted by Crippen LogP contribution is -2.01. The second kappa shape index (κ2) is 7.68. The molecule has 0 fully saturated rings. The van der Waals surface area contributed by atoms with Crippen molar-refractivity contribution in [2.75, 3.05) is 0 Å². The zero-order chi connectivity index (χ0) is 12.6. The molecule has 0 atom stereocenters. The fourth-order valence-corrected chi connectivity index (χ4v) is 1.27. The van der Waals surface area contributed by atoms with E-state index in [9.17, 15) is 9.59 Å². The third-order valence-electron chi connectivity index (χ3n) is 2.30. The van der Waals surface area contributed by atoms with E-state index in [4.69, 9.17) is 10.2 Å². The first-order valence-corrected chi connectivity index (χ1v) is 5.27. The Bertz CT molecular complexity index is 291. The summed E-state index contributed by atoms with van der Waals surface area (Å²) in [6, 6.07) is 0. The van der Waals surface area contributed by atoms with Gasteiger partial charge in [0.2, 0.25) is 0 Å². The van der Waals surface area contributed by atoms with Crippen molar-refractivity contribution in [2.45, 2.75) is 38.5 Å². The van der Waals surface area contributed by atoms with E-state index in [0.717, 1.165) is 19.3 Å². The Kier molecular flexibility index (Phi) is 6.92. The van der Waals surface area contributed by atoms with Crippen molar-refractivity contribution in [1.82, 2.24) is 0 Å². The van der Waals surface area contributed by atoms with E-state index < -0.39 is 11.9 Å². The molecule has 0 aliphatic carbocycles. The summed E-state index contributed by atoms with van der Waals surface area (Å²) >= 11 is 0. The Morgan fingerprint density at radius 3 is 1.81 bits per heavy atom. The maximum Gasteiger partial charge on any atom is 0.335 e. The quantitative estimate of drug-likeness (QED) is 0.360. The summed E-state index contributed by atoms with van der Waals surface area (Å²) in [7, 11) is 0. The van der Waals surface area contributed by atoms with Gasteiger partial charge in [-0.1, -0.05) is 26.0 Å². The van der Waals surface area contributed by atoms with Gasteiger partial charge in [0.15, 0.2) is 0 Å². The van der Waals surface area contributed by atoms with Crippen LogP contribution in [0.4, 0.5) is 0 Å². The molecule has 0 saturated heterocycles. The van der Waals surface area contributed by atoms with Gasteiger partial charge in [-0.25, -0.2) is 4.79 Å². The fourth-order valence-electron chi connectivity index (χ4n) is 1.27. The van der Waals surface area contributed by atoms with Crippen LogP contribution in [0.1, 0.15) is 38.5 Å². The predicted octanol–water partition coefficient (Wildman–Crippen LogP) is 2.61. The molecule has 2 N–H and O–H groups in total. The minimum Gasteiger partial charge on any atom is -0.481 e. The van der Waals surface area contributed by atoms with E-state index in [1.807, 2.05) is 0 Å². The Hall–Kier alpha value is -1.58. The highest BCUT2D eigenvalue weighted by atomic mass is 16.4. The van der Waals surface area contributed by atoms with Crippen LogP contribution in [0, 0.1) is 0 Å². The third kappa shape index (κ3) is 6.81. The van der Waals surface area contributed by atoms with Gasteiger partial charge < -0.3 is 10.2 Å². The van der Waals surface area contributed by atoms with Crippen LogP contribution in [-0.4, -0.2) is 22.2 Å². The van der Waals surface area contributed by atoms with Crippen LogP contribution in [0.25, 0.3) is 0 Å². The van der Waals surface area contributed by atoms with Crippen molar-refractivity contribution < 1.29 is 19.8 Å². The zero-order valence-corrected chi connectivity index (χ0v) is 9.37. The minimum absolute atomic E-state index is 0.0607. The number of carboxylic acids is 2. The highest BCUT2D eigenvalue weighted by molar-refractivity contribution is 5.90. The Morgan fingerprint density at radius 2 is 1.38 bits per heavy atom. The molecule has 0 aliphatic heterocycles. The third-order valence-corrected chi connectivity index (χ3v) is 2.30. The number of aliphatic carboxylic acids is 2. The molecule has 0 aromatic rings. The molecule has 0 saturated carbocycles. The van der Waals surface area contributed by atoms with Crippen LogP contribution in [-0.2, 0) is 9.59 Å². The molecular formula is C12H18O4. The van der Waals surface area contributed by atoms with Crippen LogP contribution < -0.4 is 0 Å². The molecule has 0 unspecified atom stereocenters. The molecular weight excluding hydrogens is 208 g/mol. The zero-order valence-electron chi connectivity index (χ0n) is 9.37. The van der Waals surface area contributed by atoms with Gasteiger partial charge in [-0.3, -0.25) is 4.79 Å². The SMILES string of the molecule is C=C(CCCCCCC(=O)O)C(=C)C(=O)O. The van der Waals surface area contributed by atoms with E-state index in [-0.39, 0.29) is 12.0 Å². The highest BCUT2D eigenvalue weighted by Gasteiger charge is 2.07. The fraction of sp³-hybridized carbons (Fsp3) is 0.500. The first-order valence-electron chi connectivity index (χ1n) is 5.27. The molecule has 0 spiro atoms. The summed E-state index contributed by atoms with van der Waals surface area (Å²) in [5.41, 5.74) is 0.608. The monoisotopic (exact) mass is 226 g/mol. The van der Waals surface area contributed by atoms with Gasteiger partial charge >= 0.3 is 11.9 Å². The minimum atomic E-state index is -1.03. The van der Waals surface area contributed by atoms with Crippen molar-refractivity contribution in [1.29, 1.82) is 0 Å². The average Bonchev–Trinajstić information content (AvgIpc) is 2.21. The Morgan fingerprint density at radius 1 is 0.875 bits per heavy atom. The van der Waals surface area contributed by atoms with Crippen molar-refractivity contribution in [2.24, 2.45) is 0 Å². The molecule has 0 aromatic heterocycles. The predicted molar refractivity (Wildman–Crippen MR) is 61.3 cm³/mol. The molecule has 16 heavy (non-hydrogen) atoms. The van der Waals surface area contributed by atoms with Gasteiger partial charge in [0.1, 0.15) is 0 Å². The van der Waals surface area contributed by atoms with E-state index in [0.29, 0.717) is 18.4 Å². The largest absolute Gasteiger partial charge is 0.481 e. The van der Waals surface area contributed by atoms with Crippen molar-refractivity contribution in [3.8, 4) is 0 Å². The molecule has 4 heteroatoms. The number of carboxylic acid groups (broad SMARTS) is 2. The molecule has 0 heterocycles. The van der Waals surface area contributed by atoms with E-state index in [1.165, 1.54) is 0 Å². The maximum atomic E-state index is 10.5. The van der Waals surface area contributed by atoms with Crippen LogP contribution in [0.15, 0.2) is 24.3 Å². The summed E-state index contributed by atoms with van der Waals surface area (Å²) in [4.78, 5) is 20.7.